The van der Waals surface area contributed by atoms with Crippen LogP contribution in [-0.2, 0) is 4.74 Å². The molecule has 0 aliphatic heterocycles. The summed E-state index contributed by atoms with van der Waals surface area (Å²) in [5.74, 6) is 0.391. The lowest BCUT2D eigenvalue weighted by Crippen LogP contribution is -2.52. The summed E-state index contributed by atoms with van der Waals surface area (Å²) in [4.78, 5) is 16.3. The Hall–Kier alpha value is -1.46. The van der Waals surface area contributed by atoms with Crippen LogP contribution in [0.5, 0.6) is 0 Å². The molecule has 21 heavy (non-hydrogen) atoms. The molecule has 4 N–H and O–H groups in total. The van der Waals surface area contributed by atoms with Crippen molar-refractivity contribution in [1.29, 1.82) is 0 Å². The normalized spacial score (nSPS) is 13.2. The van der Waals surface area contributed by atoms with Crippen LogP contribution in [-0.4, -0.2) is 35.8 Å². The third-order valence-electron chi connectivity index (χ3n) is 3.11. The summed E-state index contributed by atoms with van der Waals surface area (Å²) < 4.78 is 5.32. The number of amides is 1. The quantitative estimate of drug-likeness (QED) is 0.519. The molecule has 0 aliphatic rings. The molecule has 0 aromatic heterocycles. The maximum atomic E-state index is 12.0. The van der Waals surface area contributed by atoms with Crippen LogP contribution in [0.4, 0.5) is 4.79 Å². The van der Waals surface area contributed by atoms with Crippen molar-refractivity contribution in [3.63, 3.8) is 0 Å². The topological polar surface area (TPSA) is 88.7 Å². The van der Waals surface area contributed by atoms with Crippen molar-refractivity contribution in [2.24, 2.45) is 10.7 Å². The zero-order chi connectivity index (χ0) is 16.7. The third kappa shape index (κ3) is 8.42. The molecule has 0 spiro atoms. The van der Waals surface area contributed by atoms with E-state index in [2.05, 4.69) is 15.6 Å². The number of alkyl carbamates (subject to hydrolysis) is 1. The van der Waals surface area contributed by atoms with Crippen LogP contribution in [0.25, 0.3) is 0 Å². The van der Waals surface area contributed by atoms with Crippen molar-refractivity contribution in [2.75, 3.05) is 6.54 Å². The van der Waals surface area contributed by atoms with E-state index in [9.17, 15) is 4.79 Å². The standard InChI is InChI=1S/C15H32N4O2/c1-8-15(9-2,10-17-12(16)18-11(3)4)19-13(20)21-14(5,6)7/h11H,8-10H2,1-7H3,(H,19,20)(H3,16,17,18). The average Bonchev–Trinajstić information content (AvgIpc) is 2.31. The molecule has 124 valence electrons. The molecule has 0 bridgehead atoms. The Bertz CT molecular complexity index is 355. The van der Waals surface area contributed by atoms with E-state index in [-0.39, 0.29) is 6.04 Å². The van der Waals surface area contributed by atoms with E-state index in [1.54, 1.807) is 0 Å². The summed E-state index contributed by atoms with van der Waals surface area (Å²) in [6, 6.07) is 0.227. The Morgan fingerprint density at radius 3 is 2.14 bits per heavy atom. The van der Waals surface area contributed by atoms with Gasteiger partial charge in [0.1, 0.15) is 5.60 Å². The number of hydrogen-bond donors (Lipinski definition) is 3. The fraction of sp³-hybridized carbons (Fsp3) is 0.867. The van der Waals surface area contributed by atoms with Crippen LogP contribution in [0.15, 0.2) is 4.99 Å². The van der Waals surface area contributed by atoms with Gasteiger partial charge in [-0.15, -0.1) is 0 Å². The summed E-state index contributed by atoms with van der Waals surface area (Å²) in [7, 11) is 0. The van der Waals surface area contributed by atoms with E-state index < -0.39 is 17.2 Å². The number of hydrogen-bond acceptors (Lipinski definition) is 3. The molecule has 0 saturated carbocycles. The molecule has 1 amide bonds. The van der Waals surface area contributed by atoms with Gasteiger partial charge >= 0.3 is 6.09 Å². The van der Waals surface area contributed by atoms with Gasteiger partial charge in [0.25, 0.3) is 0 Å². The number of nitrogens with zero attached hydrogens (tertiary/aromatic N) is 1. The predicted molar refractivity (Wildman–Crippen MR) is 87.4 cm³/mol. The van der Waals surface area contributed by atoms with Gasteiger partial charge in [0.2, 0.25) is 0 Å². The fourth-order valence-corrected chi connectivity index (χ4v) is 1.79. The van der Waals surface area contributed by atoms with E-state index in [1.807, 2.05) is 48.5 Å². The van der Waals surface area contributed by atoms with Crippen LogP contribution in [0.2, 0.25) is 0 Å². The maximum absolute atomic E-state index is 12.0. The molecule has 0 rings (SSSR count). The van der Waals surface area contributed by atoms with Gasteiger partial charge in [0.05, 0.1) is 12.1 Å². The molecule has 0 unspecified atom stereocenters. The zero-order valence-electron chi connectivity index (χ0n) is 14.5. The van der Waals surface area contributed by atoms with Gasteiger partial charge in [0.15, 0.2) is 5.96 Å². The van der Waals surface area contributed by atoms with E-state index in [1.165, 1.54) is 0 Å². The minimum absolute atomic E-state index is 0.227. The average molecular weight is 300 g/mol. The third-order valence-corrected chi connectivity index (χ3v) is 3.11. The van der Waals surface area contributed by atoms with Crippen LogP contribution in [0, 0.1) is 0 Å². The van der Waals surface area contributed by atoms with Crippen LogP contribution in [0.1, 0.15) is 61.3 Å². The smallest absolute Gasteiger partial charge is 0.408 e. The van der Waals surface area contributed by atoms with Crippen LogP contribution >= 0.6 is 0 Å². The number of ether oxygens (including phenoxy) is 1. The first kappa shape index (κ1) is 19.5. The Kier molecular flexibility index (Phi) is 7.53. The molecule has 0 radical (unpaired) electrons. The van der Waals surface area contributed by atoms with Crippen LogP contribution in [0.3, 0.4) is 0 Å². The first-order valence-corrected chi connectivity index (χ1v) is 7.61. The van der Waals surface area contributed by atoms with Crippen molar-refractivity contribution < 1.29 is 9.53 Å². The van der Waals surface area contributed by atoms with Gasteiger partial charge in [-0.25, -0.2) is 4.79 Å². The van der Waals surface area contributed by atoms with Gasteiger partial charge < -0.3 is 21.1 Å². The molecule has 0 aromatic rings. The second-order valence-electron chi connectivity index (χ2n) is 6.61. The highest BCUT2D eigenvalue weighted by molar-refractivity contribution is 5.78. The Balaban J connectivity index is 4.81. The Morgan fingerprint density at radius 2 is 1.76 bits per heavy atom. The summed E-state index contributed by atoms with van der Waals surface area (Å²) in [6.45, 7) is 14.0. The minimum atomic E-state index is -0.515. The van der Waals surface area contributed by atoms with Gasteiger partial charge in [-0.1, -0.05) is 13.8 Å². The van der Waals surface area contributed by atoms with E-state index in [0.29, 0.717) is 12.5 Å². The second kappa shape index (κ2) is 8.10. The van der Waals surface area contributed by atoms with Crippen LogP contribution < -0.4 is 16.4 Å². The lowest BCUT2D eigenvalue weighted by molar-refractivity contribution is 0.0452. The lowest BCUT2D eigenvalue weighted by Gasteiger charge is -2.32. The summed E-state index contributed by atoms with van der Waals surface area (Å²) >= 11 is 0. The highest BCUT2D eigenvalue weighted by atomic mass is 16.6. The Labute approximate surface area is 128 Å². The van der Waals surface area contributed by atoms with Gasteiger partial charge in [-0.3, -0.25) is 4.99 Å². The number of carbonyl (C=O) groups is 1. The van der Waals surface area contributed by atoms with Crippen molar-refractivity contribution in [3.05, 3.63) is 0 Å². The molecule has 0 aliphatic carbocycles. The summed E-state index contributed by atoms with van der Waals surface area (Å²) in [5.41, 5.74) is 4.86. The molecule has 6 nitrogen and oxygen atoms in total. The first-order valence-electron chi connectivity index (χ1n) is 7.61. The number of nitrogens with two attached hydrogens (primary N) is 1. The number of rotatable bonds is 6. The SMILES string of the molecule is CCC(CC)(CN=C(N)NC(C)C)NC(=O)OC(C)(C)C. The largest absolute Gasteiger partial charge is 0.444 e. The monoisotopic (exact) mass is 300 g/mol. The van der Waals surface area contributed by atoms with Crippen molar-refractivity contribution in [1.82, 2.24) is 10.6 Å². The molecular weight excluding hydrogens is 268 g/mol. The molecule has 0 saturated heterocycles. The Morgan fingerprint density at radius 1 is 1.24 bits per heavy atom. The first-order chi connectivity index (χ1) is 9.53. The second-order valence-corrected chi connectivity index (χ2v) is 6.61. The molecule has 0 heterocycles. The van der Waals surface area contributed by atoms with Gasteiger partial charge in [-0.2, -0.15) is 0 Å². The number of carbonyl (C=O) groups excluding carboxylic acids is 1. The number of guanidine groups is 1. The van der Waals surface area contributed by atoms with Gasteiger partial charge in [0, 0.05) is 6.04 Å². The zero-order valence-corrected chi connectivity index (χ0v) is 14.5. The highest BCUT2D eigenvalue weighted by Gasteiger charge is 2.30. The maximum Gasteiger partial charge on any atom is 0.408 e. The molecular formula is C15H32N4O2. The lowest BCUT2D eigenvalue weighted by atomic mass is 9.93. The van der Waals surface area contributed by atoms with Crippen molar-refractivity contribution in [2.45, 2.75) is 78.5 Å². The van der Waals surface area contributed by atoms with E-state index in [4.69, 9.17) is 10.5 Å². The van der Waals surface area contributed by atoms with E-state index in [0.717, 1.165) is 12.8 Å². The molecule has 0 atom stereocenters. The van der Waals surface area contributed by atoms with E-state index >= 15 is 0 Å². The molecule has 6 heteroatoms. The summed E-state index contributed by atoms with van der Waals surface area (Å²) in [6.07, 6.45) is 1.08. The molecule has 0 fully saturated rings. The van der Waals surface area contributed by atoms with Crippen molar-refractivity contribution in [3.8, 4) is 0 Å². The van der Waals surface area contributed by atoms with Crippen molar-refractivity contribution >= 4 is 12.1 Å². The minimum Gasteiger partial charge on any atom is -0.444 e. The van der Waals surface area contributed by atoms with Gasteiger partial charge in [-0.05, 0) is 47.5 Å². The summed E-state index contributed by atoms with van der Waals surface area (Å²) in [5, 5.41) is 5.98. The molecule has 0 aromatic carbocycles. The number of aliphatic imine (C=N–C) groups is 1. The highest BCUT2D eigenvalue weighted by Crippen LogP contribution is 2.17. The number of nitrogens with one attached hydrogen (secondary N) is 2. The fourth-order valence-electron chi connectivity index (χ4n) is 1.79. The predicted octanol–water partition coefficient (Wildman–Crippen LogP) is 2.38.